The quantitative estimate of drug-likeness (QED) is 0.506. The van der Waals surface area contributed by atoms with Gasteiger partial charge in [0, 0.05) is 23.1 Å². The third kappa shape index (κ3) is 4.23. The van der Waals surface area contributed by atoms with Crippen molar-refractivity contribution in [2.24, 2.45) is 0 Å². The highest BCUT2D eigenvalue weighted by molar-refractivity contribution is 7.92. The standard InChI is InChI=1S/C19H15N5O3S2/c1-12-8-9-20-19(22-12)24-29(26,27)15-5-3-14(4-6-15)23-18(25)13-2-7-16-17(10-13)28-11-21-16/h2-11H,1H3,(H,23,25)(H,20,22,24). The summed E-state index contributed by atoms with van der Waals surface area (Å²) >= 11 is 1.46. The Bertz CT molecular complexity index is 1300. The number of rotatable bonds is 5. The number of sulfonamides is 1. The van der Waals surface area contributed by atoms with Crippen molar-refractivity contribution in [2.75, 3.05) is 10.0 Å². The van der Waals surface area contributed by atoms with Crippen molar-refractivity contribution in [1.29, 1.82) is 0 Å². The zero-order valence-electron chi connectivity index (χ0n) is 15.2. The summed E-state index contributed by atoms with van der Waals surface area (Å²) < 4.78 is 28.2. The molecule has 0 aliphatic heterocycles. The number of aromatic nitrogens is 3. The summed E-state index contributed by atoms with van der Waals surface area (Å²) in [7, 11) is -3.84. The summed E-state index contributed by atoms with van der Waals surface area (Å²) in [5.41, 5.74) is 4.18. The maximum Gasteiger partial charge on any atom is 0.264 e. The van der Waals surface area contributed by atoms with Gasteiger partial charge in [-0.15, -0.1) is 11.3 Å². The van der Waals surface area contributed by atoms with E-state index in [0.29, 0.717) is 16.9 Å². The molecule has 8 nitrogen and oxygen atoms in total. The van der Waals surface area contributed by atoms with Crippen LogP contribution in [0.2, 0.25) is 0 Å². The van der Waals surface area contributed by atoms with Crippen LogP contribution in [0.25, 0.3) is 10.2 Å². The third-order valence-corrected chi connectivity index (χ3v) is 6.17. The fraction of sp³-hybridized carbons (Fsp3) is 0.0526. The number of amides is 1. The van der Waals surface area contributed by atoms with Crippen LogP contribution in [-0.2, 0) is 10.0 Å². The van der Waals surface area contributed by atoms with Gasteiger partial charge in [-0.05, 0) is 55.5 Å². The van der Waals surface area contributed by atoms with Crippen LogP contribution >= 0.6 is 11.3 Å². The normalized spacial score (nSPS) is 11.3. The predicted octanol–water partition coefficient (Wildman–Crippen LogP) is 3.45. The zero-order valence-corrected chi connectivity index (χ0v) is 16.8. The van der Waals surface area contributed by atoms with Crippen molar-refractivity contribution in [3.05, 3.63) is 71.5 Å². The first-order valence-corrected chi connectivity index (χ1v) is 10.8. The van der Waals surface area contributed by atoms with Crippen LogP contribution in [0, 0.1) is 6.92 Å². The van der Waals surface area contributed by atoms with Crippen molar-refractivity contribution in [1.82, 2.24) is 15.0 Å². The van der Waals surface area contributed by atoms with Crippen LogP contribution in [0.4, 0.5) is 11.6 Å². The molecule has 10 heteroatoms. The Morgan fingerprint density at radius 2 is 1.83 bits per heavy atom. The van der Waals surface area contributed by atoms with E-state index in [0.717, 1.165) is 10.2 Å². The number of nitrogens with zero attached hydrogens (tertiary/aromatic N) is 3. The average molecular weight is 425 g/mol. The molecule has 4 aromatic rings. The number of benzene rings is 2. The summed E-state index contributed by atoms with van der Waals surface area (Å²) in [6.07, 6.45) is 1.47. The van der Waals surface area contributed by atoms with Crippen LogP contribution < -0.4 is 10.0 Å². The van der Waals surface area contributed by atoms with Crippen molar-refractivity contribution in [3.63, 3.8) is 0 Å². The molecule has 0 bridgehead atoms. The van der Waals surface area contributed by atoms with Gasteiger partial charge in [0.1, 0.15) is 0 Å². The van der Waals surface area contributed by atoms with Crippen LogP contribution in [0.15, 0.2) is 65.1 Å². The predicted molar refractivity (Wildman–Crippen MR) is 112 cm³/mol. The molecule has 0 radical (unpaired) electrons. The Hall–Kier alpha value is -3.37. The minimum Gasteiger partial charge on any atom is -0.322 e. The molecule has 2 aromatic carbocycles. The molecule has 0 spiro atoms. The van der Waals surface area contributed by atoms with E-state index in [4.69, 9.17) is 0 Å². The number of fused-ring (bicyclic) bond motifs is 1. The first kappa shape index (κ1) is 19.0. The van der Waals surface area contributed by atoms with Gasteiger partial charge < -0.3 is 5.32 Å². The number of hydrogen-bond acceptors (Lipinski definition) is 7. The summed E-state index contributed by atoms with van der Waals surface area (Å²) in [5.74, 6) is -0.289. The smallest absolute Gasteiger partial charge is 0.264 e. The van der Waals surface area contributed by atoms with E-state index in [1.54, 1.807) is 36.7 Å². The number of thiazole rings is 1. The number of anilines is 2. The second kappa shape index (κ2) is 7.57. The molecule has 1 amide bonds. The van der Waals surface area contributed by atoms with Crippen LogP contribution in [-0.4, -0.2) is 29.3 Å². The fourth-order valence-electron chi connectivity index (χ4n) is 2.59. The molecule has 0 atom stereocenters. The highest BCUT2D eigenvalue weighted by atomic mass is 32.2. The van der Waals surface area contributed by atoms with Gasteiger partial charge in [0.2, 0.25) is 5.95 Å². The van der Waals surface area contributed by atoms with E-state index in [2.05, 4.69) is 25.0 Å². The molecule has 0 saturated carbocycles. The molecule has 2 aromatic heterocycles. The second-order valence-electron chi connectivity index (χ2n) is 6.14. The van der Waals surface area contributed by atoms with Gasteiger partial charge >= 0.3 is 0 Å². The van der Waals surface area contributed by atoms with Gasteiger partial charge in [-0.25, -0.2) is 28.1 Å². The summed E-state index contributed by atoms with van der Waals surface area (Å²) in [5, 5.41) is 2.76. The molecule has 29 heavy (non-hydrogen) atoms. The molecule has 0 aliphatic carbocycles. The number of carbonyl (C=O) groups excluding carboxylic acids is 1. The molecule has 2 N–H and O–H groups in total. The Morgan fingerprint density at radius 1 is 1.03 bits per heavy atom. The van der Waals surface area contributed by atoms with Crippen molar-refractivity contribution in [2.45, 2.75) is 11.8 Å². The van der Waals surface area contributed by atoms with E-state index in [9.17, 15) is 13.2 Å². The topological polar surface area (TPSA) is 114 Å². The highest BCUT2D eigenvalue weighted by Gasteiger charge is 2.16. The lowest BCUT2D eigenvalue weighted by Gasteiger charge is -2.09. The molecule has 0 fully saturated rings. The maximum absolute atomic E-state index is 12.5. The van der Waals surface area contributed by atoms with Crippen molar-refractivity contribution >= 4 is 49.1 Å². The summed E-state index contributed by atoms with van der Waals surface area (Å²) in [6, 6.07) is 12.8. The van der Waals surface area contributed by atoms with E-state index in [1.165, 1.54) is 41.8 Å². The van der Waals surface area contributed by atoms with E-state index in [1.807, 2.05) is 0 Å². The molecular weight excluding hydrogens is 410 g/mol. The monoisotopic (exact) mass is 425 g/mol. The zero-order chi connectivity index (χ0) is 20.4. The lowest BCUT2D eigenvalue weighted by Crippen LogP contribution is -2.15. The maximum atomic E-state index is 12.5. The van der Waals surface area contributed by atoms with Gasteiger partial charge in [0.05, 0.1) is 20.6 Å². The lowest BCUT2D eigenvalue weighted by atomic mass is 10.2. The minimum atomic E-state index is -3.84. The average Bonchev–Trinajstić information content (AvgIpc) is 3.16. The first-order valence-electron chi connectivity index (χ1n) is 8.48. The van der Waals surface area contributed by atoms with Gasteiger partial charge in [-0.1, -0.05) is 0 Å². The second-order valence-corrected chi connectivity index (χ2v) is 8.71. The Morgan fingerprint density at radius 3 is 2.59 bits per heavy atom. The van der Waals surface area contributed by atoms with Crippen LogP contribution in [0.3, 0.4) is 0 Å². The molecule has 0 saturated heterocycles. The molecule has 146 valence electrons. The van der Waals surface area contributed by atoms with Crippen molar-refractivity contribution < 1.29 is 13.2 Å². The van der Waals surface area contributed by atoms with E-state index < -0.39 is 10.0 Å². The number of nitrogens with one attached hydrogen (secondary N) is 2. The van der Waals surface area contributed by atoms with Gasteiger partial charge in [0.25, 0.3) is 15.9 Å². The van der Waals surface area contributed by atoms with Gasteiger partial charge in [-0.2, -0.15) is 0 Å². The Labute approximate surface area is 170 Å². The van der Waals surface area contributed by atoms with Crippen LogP contribution in [0.5, 0.6) is 0 Å². The van der Waals surface area contributed by atoms with Gasteiger partial charge in [0.15, 0.2) is 0 Å². The first-order chi connectivity index (χ1) is 13.9. The fourth-order valence-corrected chi connectivity index (χ4v) is 4.26. The highest BCUT2D eigenvalue weighted by Crippen LogP contribution is 2.21. The van der Waals surface area contributed by atoms with E-state index >= 15 is 0 Å². The lowest BCUT2D eigenvalue weighted by molar-refractivity contribution is 0.102. The summed E-state index contributed by atoms with van der Waals surface area (Å²) in [4.78, 5) is 24.6. The number of aryl methyl sites for hydroxylation is 1. The molecule has 2 heterocycles. The van der Waals surface area contributed by atoms with E-state index in [-0.39, 0.29) is 16.8 Å². The third-order valence-electron chi connectivity index (χ3n) is 4.04. The van der Waals surface area contributed by atoms with Crippen molar-refractivity contribution in [3.8, 4) is 0 Å². The molecule has 4 rings (SSSR count). The largest absolute Gasteiger partial charge is 0.322 e. The molecule has 0 unspecified atom stereocenters. The van der Waals surface area contributed by atoms with Gasteiger partial charge in [-0.3, -0.25) is 4.79 Å². The Balaban J connectivity index is 1.48. The Kier molecular flexibility index (Phi) is 4.95. The number of hydrogen-bond donors (Lipinski definition) is 2. The SMILES string of the molecule is Cc1ccnc(NS(=O)(=O)c2ccc(NC(=O)c3ccc4ncsc4c3)cc2)n1. The number of carbonyl (C=O) groups is 1. The van der Waals surface area contributed by atoms with Crippen LogP contribution in [0.1, 0.15) is 16.1 Å². The molecule has 0 aliphatic rings. The summed E-state index contributed by atoms with van der Waals surface area (Å²) in [6.45, 7) is 1.74. The molecular formula is C19H15N5O3S2. The minimum absolute atomic E-state index is 0.000776.